The van der Waals surface area contributed by atoms with E-state index in [1.54, 1.807) is 11.1 Å². The van der Waals surface area contributed by atoms with E-state index in [0.29, 0.717) is 0 Å². The standard InChI is InChI=1S/C24H32/c1-3-7-19(8-4-1)15-21-11-13-24-18-22(12-14-23(24)17-21)16-20-9-5-2-6-10-20/h11-14,17-20H,1-10,15-16H2. The molecule has 0 unspecified atom stereocenters. The average molecular weight is 321 g/mol. The summed E-state index contributed by atoms with van der Waals surface area (Å²) in [6, 6.07) is 14.4. The van der Waals surface area contributed by atoms with Gasteiger partial charge in [-0.3, -0.25) is 0 Å². The van der Waals surface area contributed by atoms with Gasteiger partial charge in [0.2, 0.25) is 0 Å². The van der Waals surface area contributed by atoms with Crippen LogP contribution < -0.4 is 0 Å². The highest BCUT2D eigenvalue weighted by atomic mass is 14.2. The number of hydrogen-bond acceptors (Lipinski definition) is 0. The summed E-state index contributed by atoms with van der Waals surface area (Å²) in [4.78, 5) is 0. The molecule has 0 amide bonds. The molecule has 0 saturated heterocycles. The molecule has 2 aliphatic carbocycles. The summed E-state index contributed by atoms with van der Waals surface area (Å²) in [7, 11) is 0. The zero-order valence-corrected chi connectivity index (χ0v) is 15.1. The second-order valence-corrected chi connectivity index (χ2v) is 8.43. The van der Waals surface area contributed by atoms with Crippen LogP contribution in [0.2, 0.25) is 0 Å². The SMILES string of the molecule is c1cc2cc(CC3CCCCC3)ccc2cc1CC1CCCCC1. The Morgan fingerprint density at radius 3 is 1.38 bits per heavy atom. The van der Waals surface area contributed by atoms with Crippen LogP contribution in [-0.4, -0.2) is 0 Å². The maximum atomic E-state index is 2.45. The molecule has 2 aliphatic rings. The van der Waals surface area contributed by atoms with E-state index in [-0.39, 0.29) is 0 Å². The highest BCUT2D eigenvalue weighted by Crippen LogP contribution is 2.30. The molecule has 2 fully saturated rings. The summed E-state index contributed by atoms with van der Waals surface area (Å²) in [6.07, 6.45) is 17.1. The molecule has 128 valence electrons. The molecule has 24 heavy (non-hydrogen) atoms. The number of benzene rings is 2. The van der Waals surface area contributed by atoms with Crippen LogP contribution in [0.5, 0.6) is 0 Å². The van der Waals surface area contributed by atoms with Gasteiger partial charge >= 0.3 is 0 Å². The molecule has 0 heteroatoms. The summed E-state index contributed by atoms with van der Waals surface area (Å²) in [5, 5.41) is 2.88. The Balaban J connectivity index is 1.45. The van der Waals surface area contributed by atoms with Gasteiger partial charge in [0.05, 0.1) is 0 Å². The molecule has 0 bridgehead atoms. The smallest absolute Gasteiger partial charge is 0.0181 e. The van der Waals surface area contributed by atoms with Gasteiger partial charge in [0.15, 0.2) is 0 Å². The van der Waals surface area contributed by atoms with E-state index in [1.807, 2.05) is 0 Å². The van der Waals surface area contributed by atoms with Crippen LogP contribution in [0.1, 0.15) is 75.3 Å². The highest BCUT2D eigenvalue weighted by molar-refractivity contribution is 5.83. The second-order valence-electron chi connectivity index (χ2n) is 8.43. The van der Waals surface area contributed by atoms with Gasteiger partial charge in [0, 0.05) is 0 Å². The molecular weight excluding hydrogens is 288 g/mol. The minimum Gasteiger partial charge on any atom is -0.0584 e. The van der Waals surface area contributed by atoms with Crippen LogP contribution >= 0.6 is 0 Å². The zero-order chi connectivity index (χ0) is 16.2. The Bertz CT molecular complexity index is 598. The van der Waals surface area contributed by atoms with Crippen molar-refractivity contribution < 1.29 is 0 Å². The lowest BCUT2D eigenvalue weighted by Gasteiger charge is -2.22. The summed E-state index contributed by atoms with van der Waals surface area (Å²) >= 11 is 0. The van der Waals surface area contributed by atoms with Crippen LogP contribution in [0, 0.1) is 11.8 Å². The molecule has 2 aromatic rings. The van der Waals surface area contributed by atoms with Crippen molar-refractivity contribution >= 4 is 10.8 Å². The molecular formula is C24H32. The van der Waals surface area contributed by atoms with Gasteiger partial charge in [-0.05, 0) is 46.6 Å². The van der Waals surface area contributed by atoms with Crippen molar-refractivity contribution in [1.29, 1.82) is 0 Å². The molecule has 2 saturated carbocycles. The van der Waals surface area contributed by atoms with E-state index in [9.17, 15) is 0 Å². The first-order chi connectivity index (χ1) is 11.9. The Labute approximate surface area is 147 Å². The van der Waals surface area contributed by atoms with Gasteiger partial charge in [-0.2, -0.15) is 0 Å². The van der Waals surface area contributed by atoms with Crippen molar-refractivity contribution in [2.45, 2.75) is 77.0 Å². The first-order valence-corrected chi connectivity index (χ1v) is 10.4. The highest BCUT2D eigenvalue weighted by Gasteiger charge is 2.15. The lowest BCUT2D eigenvalue weighted by molar-refractivity contribution is 0.356. The number of rotatable bonds is 4. The van der Waals surface area contributed by atoms with E-state index < -0.39 is 0 Å². The fourth-order valence-corrected chi connectivity index (χ4v) is 5.05. The predicted molar refractivity (Wildman–Crippen MR) is 105 cm³/mol. The lowest BCUT2D eigenvalue weighted by atomic mass is 9.84. The first-order valence-electron chi connectivity index (χ1n) is 10.4. The molecule has 0 N–H and O–H groups in total. The molecule has 4 rings (SSSR count). The normalized spacial score (nSPS) is 20.5. The quantitative estimate of drug-likeness (QED) is 0.564. The van der Waals surface area contributed by atoms with Gasteiger partial charge < -0.3 is 0 Å². The minimum atomic E-state index is 0.932. The van der Waals surface area contributed by atoms with Crippen molar-refractivity contribution in [3.05, 3.63) is 47.5 Å². The van der Waals surface area contributed by atoms with Crippen molar-refractivity contribution in [3.8, 4) is 0 Å². The molecule has 0 aromatic heterocycles. The number of hydrogen-bond donors (Lipinski definition) is 0. The molecule has 0 spiro atoms. The van der Waals surface area contributed by atoms with Crippen LogP contribution in [0.15, 0.2) is 36.4 Å². The fourth-order valence-electron chi connectivity index (χ4n) is 5.05. The van der Waals surface area contributed by atoms with Crippen molar-refractivity contribution in [3.63, 3.8) is 0 Å². The maximum absolute atomic E-state index is 2.45. The third-order valence-electron chi connectivity index (χ3n) is 6.47. The van der Waals surface area contributed by atoms with Gasteiger partial charge in [-0.15, -0.1) is 0 Å². The second kappa shape index (κ2) is 7.72. The van der Waals surface area contributed by atoms with E-state index in [2.05, 4.69) is 36.4 Å². The van der Waals surface area contributed by atoms with E-state index in [0.717, 1.165) is 11.8 Å². The minimum absolute atomic E-state index is 0.932. The van der Waals surface area contributed by atoms with E-state index in [1.165, 1.54) is 87.8 Å². The third-order valence-corrected chi connectivity index (χ3v) is 6.47. The summed E-state index contributed by atoms with van der Waals surface area (Å²) in [5.74, 6) is 1.86. The molecule has 0 heterocycles. The van der Waals surface area contributed by atoms with Crippen LogP contribution in [0.4, 0.5) is 0 Å². The fraction of sp³-hybridized carbons (Fsp3) is 0.583. The topological polar surface area (TPSA) is 0 Å². The molecule has 0 radical (unpaired) electrons. The molecule has 2 aromatic carbocycles. The Hall–Kier alpha value is -1.30. The Kier molecular flexibility index (Phi) is 5.21. The maximum Gasteiger partial charge on any atom is -0.0181 e. The third kappa shape index (κ3) is 4.02. The van der Waals surface area contributed by atoms with Crippen molar-refractivity contribution in [1.82, 2.24) is 0 Å². The van der Waals surface area contributed by atoms with Gasteiger partial charge in [0.25, 0.3) is 0 Å². The Morgan fingerprint density at radius 1 is 0.542 bits per heavy atom. The molecule has 0 atom stereocenters. The largest absolute Gasteiger partial charge is 0.0584 e. The summed E-state index contributed by atoms with van der Waals surface area (Å²) in [5.41, 5.74) is 3.10. The molecule has 0 nitrogen and oxygen atoms in total. The Morgan fingerprint density at radius 2 is 0.958 bits per heavy atom. The van der Waals surface area contributed by atoms with Crippen molar-refractivity contribution in [2.24, 2.45) is 11.8 Å². The van der Waals surface area contributed by atoms with Gasteiger partial charge in [-0.25, -0.2) is 0 Å². The van der Waals surface area contributed by atoms with E-state index in [4.69, 9.17) is 0 Å². The zero-order valence-electron chi connectivity index (χ0n) is 15.1. The van der Waals surface area contributed by atoms with E-state index >= 15 is 0 Å². The van der Waals surface area contributed by atoms with Crippen LogP contribution in [-0.2, 0) is 12.8 Å². The summed E-state index contributed by atoms with van der Waals surface area (Å²) in [6.45, 7) is 0. The predicted octanol–water partition coefficient (Wildman–Crippen LogP) is 7.09. The van der Waals surface area contributed by atoms with Crippen LogP contribution in [0.3, 0.4) is 0 Å². The molecule has 0 aliphatic heterocycles. The van der Waals surface area contributed by atoms with Crippen molar-refractivity contribution in [2.75, 3.05) is 0 Å². The first kappa shape index (κ1) is 16.2. The lowest BCUT2D eigenvalue weighted by Crippen LogP contribution is -2.09. The summed E-state index contributed by atoms with van der Waals surface area (Å²) < 4.78 is 0. The van der Waals surface area contributed by atoms with Gasteiger partial charge in [-0.1, -0.05) is 101 Å². The number of fused-ring (bicyclic) bond motifs is 1. The van der Waals surface area contributed by atoms with Gasteiger partial charge in [0.1, 0.15) is 0 Å². The van der Waals surface area contributed by atoms with Crippen LogP contribution in [0.25, 0.3) is 10.8 Å². The monoisotopic (exact) mass is 320 g/mol. The average Bonchev–Trinajstić information content (AvgIpc) is 2.64.